The molecule has 2 heterocycles. The molecule has 1 N–H and O–H groups in total. The van der Waals surface area contributed by atoms with Crippen LogP contribution in [0, 0.1) is 5.82 Å². The molecule has 3 nitrogen and oxygen atoms in total. The molecular formula is C16H24FN3. The molecule has 0 radical (unpaired) electrons. The zero-order chi connectivity index (χ0) is 13.8. The van der Waals surface area contributed by atoms with Crippen molar-refractivity contribution in [1.29, 1.82) is 0 Å². The number of piperidine rings is 1. The van der Waals surface area contributed by atoms with Gasteiger partial charge in [0, 0.05) is 44.3 Å². The van der Waals surface area contributed by atoms with Gasteiger partial charge < -0.3 is 5.32 Å². The number of hydrogen-bond donors (Lipinski definition) is 1. The fraction of sp³-hybridized carbons (Fsp3) is 0.625. The minimum absolute atomic E-state index is 0.0757. The van der Waals surface area contributed by atoms with Crippen LogP contribution >= 0.6 is 0 Å². The van der Waals surface area contributed by atoms with Gasteiger partial charge in [0.25, 0.3) is 0 Å². The van der Waals surface area contributed by atoms with Gasteiger partial charge in [0.2, 0.25) is 0 Å². The van der Waals surface area contributed by atoms with Crippen LogP contribution in [0.25, 0.3) is 0 Å². The molecule has 0 saturated carbocycles. The van der Waals surface area contributed by atoms with Crippen molar-refractivity contribution in [2.24, 2.45) is 0 Å². The van der Waals surface area contributed by atoms with E-state index in [9.17, 15) is 4.39 Å². The quantitative estimate of drug-likeness (QED) is 0.907. The topological polar surface area (TPSA) is 18.5 Å². The lowest BCUT2D eigenvalue weighted by Crippen LogP contribution is -2.52. The monoisotopic (exact) mass is 277 g/mol. The fourth-order valence-electron chi connectivity index (χ4n) is 3.33. The predicted octanol–water partition coefficient (Wildman–Crippen LogP) is 1.70. The summed E-state index contributed by atoms with van der Waals surface area (Å²) in [4.78, 5) is 4.99. The molecule has 0 spiro atoms. The lowest BCUT2D eigenvalue weighted by atomic mass is 10.0. The van der Waals surface area contributed by atoms with E-state index in [2.05, 4.69) is 15.1 Å². The van der Waals surface area contributed by atoms with Gasteiger partial charge in [0.15, 0.2) is 0 Å². The lowest BCUT2D eigenvalue weighted by molar-refractivity contribution is 0.0779. The third-order valence-corrected chi connectivity index (χ3v) is 4.58. The van der Waals surface area contributed by atoms with Gasteiger partial charge in [-0.3, -0.25) is 9.80 Å². The van der Waals surface area contributed by atoms with Crippen LogP contribution in [0.4, 0.5) is 4.39 Å². The van der Waals surface area contributed by atoms with E-state index in [1.165, 1.54) is 12.8 Å². The van der Waals surface area contributed by atoms with E-state index >= 15 is 0 Å². The van der Waals surface area contributed by atoms with Crippen molar-refractivity contribution in [1.82, 2.24) is 15.1 Å². The standard InChI is InChI=1S/C16H24FN3/c17-16-4-2-1-3-14(16)13-19-9-11-20(12-10-19)15-5-7-18-8-6-15/h1-4,15,18H,5-13H2. The van der Waals surface area contributed by atoms with Crippen LogP contribution in [0.2, 0.25) is 0 Å². The van der Waals surface area contributed by atoms with Crippen LogP contribution < -0.4 is 5.32 Å². The maximum Gasteiger partial charge on any atom is 0.127 e. The largest absolute Gasteiger partial charge is 0.317 e. The first kappa shape index (κ1) is 14.0. The summed E-state index contributed by atoms with van der Waals surface area (Å²) in [6, 6.07) is 7.89. The molecule has 2 fully saturated rings. The highest BCUT2D eigenvalue weighted by atomic mass is 19.1. The highest BCUT2D eigenvalue weighted by Crippen LogP contribution is 2.16. The van der Waals surface area contributed by atoms with Gasteiger partial charge in [-0.2, -0.15) is 0 Å². The first-order chi connectivity index (χ1) is 9.83. The van der Waals surface area contributed by atoms with Crippen LogP contribution in [0.15, 0.2) is 24.3 Å². The first-order valence-corrected chi connectivity index (χ1v) is 7.73. The summed E-state index contributed by atoms with van der Waals surface area (Å²) in [7, 11) is 0. The summed E-state index contributed by atoms with van der Waals surface area (Å²) >= 11 is 0. The van der Waals surface area contributed by atoms with E-state index < -0.39 is 0 Å². The fourth-order valence-corrected chi connectivity index (χ4v) is 3.33. The molecule has 2 aliphatic heterocycles. The maximum atomic E-state index is 13.7. The molecule has 20 heavy (non-hydrogen) atoms. The van der Waals surface area contributed by atoms with E-state index in [4.69, 9.17) is 0 Å². The molecule has 2 saturated heterocycles. The molecule has 1 aromatic carbocycles. The van der Waals surface area contributed by atoms with E-state index in [-0.39, 0.29) is 5.82 Å². The van der Waals surface area contributed by atoms with Crippen molar-refractivity contribution >= 4 is 0 Å². The second-order valence-corrected chi connectivity index (χ2v) is 5.88. The second kappa shape index (κ2) is 6.66. The van der Waals surface area contributed by atoms with Crippen molar-refractivity contribution in [3.05, 3.63) is 35.6 Å². The Hall–Kier alpha value is -0.970. The number of rotatable bonds is 3. The summed E-state index contributed by atoms with van der Waals surface area (Å²) < 4.78 is 13.7. The molecule has 0 unspecified atom stereocenters. The van der Waals surface area contributed by atoms with Crippen molar-refractivity contribution in [2.45, 2.75) is 25.4 Å². The zero-order valence-electron chi connectivity index (χ0n) is 12.0. The highest BCUT2D eigenvalue weighted by Gasteiger charge is 2.25. The number of halogens is 1. The molecule has 0 atom stereocenters. The number of nitrogens with zero attached hydrogens (tertiary/aromatic N) is 2. The average molecular weight is 277 g/mol. The zero-order valence-corrected chi connectivity index (χ0v) is 12.0. The molecule has 0 bridgehead atoms. The number of piperazine rings is 1. The first-order valence-electron chi connectivity index (χ1n) is 7.73. The van der Waals surface area contributed by atoms with Crippen molar-refractivity contribution in [2.75, 3.05) is 39.3 Å². The molecule has 3 rings (SSSR count). The Morgan fingerprint density at radius 1 is 1.05 bits per heavy atom. The maximum absolute atomic E-state index is 13.7. The van der Waals surface area contributed by atoms with Gasteiger partial charge in [0.05, 0.1) is 0 Å². The van der Waals surface area contributed by atoms with Crippen LogP contribution in [-0.4, -0.2) is 55.1 Å². The van der Waals surface area contributed by atoms with Gasteiger partial charge in [-0.25, -0.2) is 4.39 Å². The van der Waals surface area contributed by atoms with Gasteiger partial charge in [-0.15, -0.1) is 0 Å². The summed E-state index contributed by atoms with van der Waals surface area (Å²) in [6.07, 6.45) is 2.54. The van der Waals surface area contributed by atoms with Crippen molar-refractivity contribution in [3.8, 4) is 0 Å². The number of benzene rings is 1. The SMILES string of the molecule is Fc1ccccc1CN1CCN(C2CCNCC2)CC1. The highest BCUT2D eigenvalue weighted by molar-refractivity contribution is 5.17. The van der Waals surface area contributed by atoms with Gasteiger partial charge in [0.1, 0.15) is 5.82 Å². The molecular weight excluding hydrogens is 253 g/mol. The van der Waals surface area contributed by atoms with Crippen LogP contribution in [-0.2, 0) is 6.54 Å². The van der Waals surface area contributed by atoms with E-state index in [0.717, 1.165) is 57.4 Å². The summed E-state index contributed by atoms with van der Waals surface area (Å²) in [5.41, 5.74) is 0.822. The molecule has 4 heteroatoms. The number of hydrogen-bond acceptors (Lipinski definition) is 3. The smallest absolute Gasteiger partial charge is 0.127 e. The van der Waals surface area contributed by atoms with E-state index in [1.807, 2.05) is 12.1 Å². The Kier molecular flexibility index (Phi) is 4.65. The second-order valence-electron chi connectivity index (χ2n) is 5.88. The molecule has 110 valence electrons. The molecule has 0 amide bonds. The molecule has 1 aromatic rings. The average Bonchev–Trinajstić information content (AvgIpc) is 2.51. The Bertz CT molecular complexity index is 423. The minimum Gasteiger partial charge on any atom is -0.317 e. The Labute approximate surface area is 120 Å². The third kappa shape index (κ3) is 3.37. The van der Waals surface area contributed by atoms with E-state index in [1.54, 1.807) is 12.1 Å². The van der Waals surface area contributed by atoms with Gasteiger partial charge in [-0.05, 0) is 32.0 Å². The van der Waals surface area contributed by atoms with Crippen LogP contribution in [0.3, 0.4) is 0 Å². The minimum atomic E-state index is -0.0757. The molecule has 0 aromatic heterocycles. The Morgan fingerprint density at radius 2 is 1.75 bits per heavy atom. The van der Waals surface area contributed by atoms with E-state index in [0.29, 0.717) is 0 Å². The molecule has 0 aliphatic carbocycles. The predicted molar refractivity (Wildman–Crippen MR) is 79.1 cm³/mol. The van der Waals surface area contributed by atoms with Gasteiger partial charge in [-0.1, -0.05) is 18.2 Å². The van der Waals surface area contributed by atoms with Crippen LogP contribution in [0.5, 0.6) is 0 Å². The third-order valence-electron chi connectivity index (χ3n) is 4.58. The number of nitrogens with one attached hydrogen (secondary N) is 1. The Balaban J connectivity index is 1.50. The van der Waals surface area contributed by atoms with Crippen molar-refractivity contribution < 1.29 is 4.39 Å². The van der Waals surface area contributed by atoms with Crippen molar-refractivity contribution in [3.63, 3.8) is 0 Å². The molecule has 2 aliphatic rings. The summed E-state index contributed by atoms with van der Waals surface area (Å²) in [6.45, 7) is 7.40. The normalized spacial score (nSPS) is 23.1. The lowest BCUT2D eigenvalue weighted by Gasteiger charge is -2.40. The van der Waals surface area contributed by atoms with Crippen LogP contribution in [0.1, 0.15) is 18.4 Å². The summed E-state index contributed by atoms with van der Waals surface area (Å²) in [5, 5.41) is 3.42. The summed E-state index contributed by atoms with van der Waals surface area (Å²) in [5.74, 6) is -0.0757. The van der Waals surface area contributed by atoms with Gasteiger partial charge >= 0.3 is 0 Å². The Morgan fingerprint density at radius 3 is 2.45 bits per heavy atom.